The van der Waals surface area contributed by atoms with Gasteiger partial charge in [-0.3, -0.25) is 4.79 Å². The van der Waals surface area contributed by atoms with Crippen LogP contribution in [0, 0.1) is 0 Å². The van der Waals surface area contributed by atoms with Crippen molar-refractivity contribution in [2.24, 2.45) is 5.10 Å². The zero-order valence-electron chi connectivity index (χ0n) is 15.0. The minimum atomic E-state index is -0.180. The molecule has 0 spiro atoms. The molecule has 0 fully saturated rings. The van der Waals surface area contributed by atoms with Gasteiger partial charge in [0.25, 0.3) is 5.91 Å². The average Bonchev–Trinajstić information content (AvgIpc) is 3.10. The fourth-order valence-electron chi connectivity index (χ4n) is 2.50. The Kier molecular flexibility index (Phi) is 6.07. The first kappa shape index (κ1) is 18.2. The van der Waals surface area contributed by atoms with Crippen LogP contribution in [0.1, 0.15) is 42.6 Å². The molecule has 134 valence electrons. The van der Waals surface area contributed by atoms with Crippen molar-refractivity contribution in [2.45, 2.75) is 37.6 Å². The number of para-hydroxylation sites is 2. The number of hydrazone groups is 1. The smallest absolute Gasteiger partial charge is 0.271 e. The Balaban J connectivity index is 1.58. The maximum atomic E-state index is 12.1. The van der Waals surface area contributed by atoms with Gasteiger partial charge >= 0.3 is 0 Å². The summed E-state index contributed by atoms with van der Waals surface area (Å²) in [5, 5.41) is 5.05. The molecule has 6 heteroatoms. The maximum absolute atomic E-state index is 12.1. The first-order valence-electron chi connectivity index (χ1n) is 8.71. The van der Waals surface area contributed by atoms with E-state index < -0.39 is 0 Å². The number of amides is 1. The molecule has 0 saturated heterocycles. The molecular formula is C20H22N4OS. The summed E-state index contributed by atoms with van der Waals surface area (Å²) in [5.74, 6) is 0.608. The summed E-state index contributed by atoms with van der Waals surface area (Å²) >= 11 is 1.64. The lowest BCUT2D eigenvalue weighted by atomic mass is 10.1. The Bertz CT molecular complexity index is 876. The second kappa shape index (κ2) is 8.67. The van der Waals surface area contributed by atoms with E-state index >= 15 is 0 Å². The topological polar surface area (TPSA) is 70.1 Å². The summed E-state index contributed by atoms with van der Waals surface area (Å²) in [5.41, 5.74) is 7.37. The molecule has 26 heavy (non-hydrogen) atoms. The minimum Gasteiger partial charge on any atom is -0.333 e. The van der Waals surface area contributed by atoms with Crippen molar-refractivity contribution in [3.05, 3.63) is 59.7 Å². The Morgan fingerprint density at radius 2 is 1.85 bits per heavy atom. The van der Waals surface area contributed by atoms with Crippen LogP contribution in [0.4, 0.5) is 0 Å². The fraction of sp³-hybridized carbons (Fsp3) is 0.250. The summed E-state index contributed by atoms with van der Waals surface area (Å²) in [6.45, 7) is 4.06. The van der Waals surface area contributed by atoms with Gasteiger partial charge in [0.05, 0.1) is 11.0 Å². The third-order valence-corrected chi connectivity index (χ3v) is 5.04. The summed E-state index contributed by atoms with van der Waals surface area (Å²) in [6, 6.07) is 15.6. The van der Waals surface area contributed by atoms with E-state index in [2.05, 4.69) is 20.5 Å². The largest absolute Gasteiger partial charge is 0.333 e. The number of carbonyl (C=O) groups excluding carboxylic acids is 1. The van der Waals surface area contributed by atoms with Gasteiger partial charge in [-0.05, 0) is 42.7 Å². The number of thioether (sulfide) groups is 1. The number of nitrogens with one attached hydrogen (secondary N) is 2. The highest BCUT2D eigenvalue weighted by Gasteiger charge is 2.06. The van der Waals surface area contributed by atoms with E-state index in [0.717, 1.165) is 46.1 Å². The lowest BCUT2D eigenvalue weighted by Crippen LogP contribution is -2.19. The van der Waals surface area contributed by atoms with Gasteiger partial charge in [0.1, 0.15) is 0 Å². The molecule has 5 nitrogen and oxygen atoms in total. The average molecular weight is 366 g/mol. The molecule has 0 atom stereocenters. The summed E-state index contributed by atoms with van der Waals surface area (Å²) < 4.78 is 0. The second-order valence-electron chi connectivity index (χ2n) is 5.87. The molecule has 0 aliphatic rings. The molecule has 0 radical (unpaired) electrons. The van der Waals surface area contributed by atoms with E-state index in [1.807, 2.05) is 62.4 Å². The Morgan fingerprint density at radius 3 is 2.54 bits per heavy atom. The van der Waals surface area contributed by atoms with Gasteiger partial charge < -0.3 is 4.98 Å². The van der Waals surface area contributed by atoms with Crippen molar-refractivity contribution >= 4 is 34.4 Å². The number of imidazole rings is 1. The highest BCUT2D eigenvalue weighted by Crippen LogP contribution is 2.23. The number of aromatic nitrogens is 2. The monoisotopic (exact) mass is 366 g/mol. The number of fused-ring (bicyclic) bond motifs is 1. The molecule has 0 aliphatic carbocycles. The van der Waals surface area contributed by atoms with E-state index in [-0.39, 0.29) is 5.91 Å². The van der Waals surface area contributed by atoms with E-state index in [0.29, 0.717) is 5.56 Å². The van der Waals surface area contributed by atoms with Gasteiger partial charge in [0, 0.05) is 17.0 Å². The summed E-state index contributed by atoms with van der Waals surface area (Å²) in [6.07, 6.45) is 1.68. The summed E-state index contributed by atoms with van der Waals surface area (Å²) in [7, 11) is 0. The van der Waals surface area contributed by atoms with Crippen LogP contribution in [-0.4, -0.2) is 21.6 Å². The van der Waals surface area contributed by atoms with Crippen LogP contribution >= 0.6 is 11.8 Å². The zero-order valence-corrected chi connectivity index (χ0v) is 15.8. The standard InChI is InChI=1S/C20H22N4OS/c1-3-16(4-2)23-24-19(25)15-11-9-14(10-12-15)13-26-20-21-17-7-5-6-8-18(17)22-20/h5-12H,3-4,13H2,1-2H3,(H,21,22)(H,24,25). The lowest BCUT2D eigenvalue weighted by molar-refractivity contribution is 0.0954. The molecular weight excluding hydrogens is 344 g/mol. The SMILES string of the molecule is CCC(CC)=NNC(=O)c1ccc(CSc2nc3ccccc3[nH]2)cc1. The van der Waals surface area contributed by atoms with Crippen molar-refractivity contribution in [1.29, 1.82) is 0 Å². The van der Waals surface area contributed by atoms with Crippen LogP contribution in [0.5, 0.6) is 0 Å². The Morgan fingerprint density at radius 1 is 1.12 bits per heavy atom. The third kappa shape index (κ3) is 4.52. The zero-order chi connectivity index (χ0) is 18.4. The van der Waals surface area contributed by atoms with Crippen LogP contribution < -0.4 is 5.43 Å². The Hall–Kier alpha value is -2.60. The fourth-order valence-corrected chi connectivity index (χ4v) is 3.35. The van der Waals surface area contributed by atoms with Gasteiger partial charge in [-0.15, -0.1) is 0 Å². The van der Waals surface area contributed by atoms with Crippen molar-refractivity contribution in [3.63, 3.8) is 0 Å². The molecule has 1 heterocycles. The molecule has 0 unspecified atom stereocenters. The quantitative estimate of drug-likeness (QED) is 0.360. The van der Waals surface area contributed by atoms with Crippen molar-refractivity contribution in [1.82, 2.24) is 15.4 Å². The van der Waals surface area contributed by atoms with E-state index in [4.69, 9.17) is 0 Å². The number of nitrogens with zero attached hydrogens (tertiary/aromatic N) is 2. The molecule has 2 aromatic carbocycles. The highest BCUT2D eigenvalue weighted by molar-refractivity contribution is 7.98. The van der Waals surface area contributed by atoms with Crippen LogP contribution in [0.2, 0.25) is 0 Å². The van der Waals surface area contributed by atoms with E-state index in [9.17, 15) is 4.79 Å². The molecule has 1 amide bonds. The van der Waals surface area contributed by atoms with Crippen LogP contribution in [0.3, 0.4) is 0 Å². The molecule has 3 rings (SSSR count). The van der Waals surface area contributed by atoms with E-state index in [1.54, 1.807) is 11.8 Å². The van der Waals surface area contributed by atoms with Gasteiger partial charge in [-0.1, -0.05) is 49.9 Å². The van der Waals surface area contributed by atoms with Gasteiger partial charge in [0.2, 0.25) is 0 Å². The molecule has 0 bridgehead atoms. The van der Waals surface area contributed by atoms with Gasteiger partial charge in [-0.2, -0.15) is 5.10 Å². The number of aromatic amines is 1. The number of rotatable bonds is 7. The van der Waals surface area contributed by atoms with Gasteiger partial charge in [-0.25, -0.2) is 10.4 Å². The van der Waals surface area contributed by atoms with Crippen molar-refractivity contribution < 1.29 is 4.79 Å². The lowest BCUT2D eigenvalue weighted by Gasteiger charge is -2.04. The molecule has 0 saturated carbocycles. The third-order valence-electron chi connectivity index (χ3n) is 4.09. The van der Waals surface area contributed by atoms with Crippen molar-refractivity contribution in [2.75, 3.05) is 0 Å². The molecule has 0 aliphatic heterocycles. The molecule has 3 aromatic rings. The number of H-pyrrole nitrogens is 1. The van der Waals surface area contributed by atoms with Gasteiger partial charge in [0.15, 0.2) is 5.16 Å². The van der Waals surface area contributed by atoms with E-state index in [1.165, 1.54) is 0 Å². The first-order chi connectivity index (χ1) is 12.7. The minimum absolute atomic E-state index is 0.180. The first-order valence-corrected chi connectivity index (χ1v) is 9.70. The molecule has 2 N–H and O–H groups in total. The predicted octanol–water partition coefficient (Wildman–Crippen LogP) is 4.76. The maximum Gasteiger partial charge on any atom is 0.271 e. The number of hydrogen-bond acceptors (Lipinski definition) is 4. The van der Waals surface area contributed by atoms with Crippen LogP contribution in [-0.2, 0) is 5.75 Å². The van der Waals surface area contributed by atoms with Crippen LogP contribution in [0.15, 0.2) is 58.8 Å². The molecule has 1 aromatic heterocycles. The number of hydrogen-bond donors (Lipinski definition) is 2. The Labute approximate surface area is 157 Å². The van der Waals surface area contributed by atoms with Crippen LogP contribution in [0.25, 0.3) is 11.0 Å². The highest BCUT2D eigenvalue weighted by atomic mass is 32.2. The normalized spacial score (nSPS) is 10.7. The summed E-state index contributed by atoms with van der Waals surface area (Å²) in [4.78, 5) is 20.0. The predicted molar refractivity (Wildman–Crippen MR) is 108 cm³/mol. The number of carbonyl (C=O) groups is 1. The van der Waals surface area contributed by atoms with Crippen molar-refractivity contribution in [3.8, 4) is 0 Å². The number of benzene rings is 2. The second-order valence-corrected chi connectivity index (χ2v) is 6.83.